The summed E-state index contributed by atoms with van der Waals surface area (Å²) in [7, 11) is 0. The molecule has 0 spiro atoms. The maximum absolute atomic E-state index is 12.3. The van der Waals surface area contributed by atoms with Crippen LogP contribution < -0.4 is 0 Å². The largest absolute Gasteiger partial charge is 0.481 e. The lowest BCUT2D eigenvalue weighted by Crippen LogP contribution is -2.29. The Morgan fingerprint density at radius 3 is 2.77 bits per heavy atom. The fraction of sp³-hybridized carbons (Fsp3) is 0.286. The molecule has 8 nitrogen and oxygen atoms in total. The van der Waals surface area contributed by atoms with E-state index in [1.165, 1.54) is 29.2 Å². The third kappa shape index (κ3) is 2.39. The van der Waals surface area contributed by atoms with Gasteiger partial charge in [-0.15, -0.1) is 0 Å². The van der Waals surface area contributed by atoms with Crippen molar-refractivity contribution in [3.8, 4) is 0 Å². The molecular weight excluding hydrogens is 292 g/mol. The number of rotatable bonds is 3. The molecule has 8 heteroatoms. The van der Waals surface area contributed by atoms with E-state index in [2.05, 4.69) is 0 Å². The minimum absolute atomic E-state index is 0.0570. The van der Waals surface area contributed by atoms with Gasteiger partial charge in [-0.2, -0.15) is 0 Å². The zero-order chi connectivity index (χ0) is 15.9. The summed E-state index contributed by atoms with van der Waals surface area (Å²) in [6.07, 6.45) is 0.409. The minimum atomic E-state index is -0.921. The molecule has 22 heavy (non-hydrogen) atoms. The number of fused-ring (bicyclic) bond motifs is 1. The molecule has 114 valence electrons. The highest BCUT2D eigenvalue weighted by molar-refractivity contribution is 5.97. The highest BCUT2D eigenvalue weighted by Gasteiger charge is 2.32. The van der Waals surface area contributed by atoms with Crippen molar-refractivity contribution < 1.29 is 24.0 Å². The fourth-order valence-electron chi connectivity index (χ4n) is 2.55. The number of non-ortho nitro benzene ring substituents is 1. The van der Waals surface area contributed by atoms with Crippen LogP contribution in [0.3, 0.4) is 0 Å². The van der Waals surface area contributed by atoms with Gasteiger partial charge in [0.15, 0.2) is 5.76 Å². The molecule has 1 fully saturated rings. The Bertz CT molecular complexity index is 781. The fourth-order valence-corrected chi connectivity index (χ4v) is 2.55. The van der Waals surface area contributed by atoms with Crippen LogP contribution in [0.1, 0.15) is 17.0 Å². The van der Waals surface area contributed by atoms with Crippen LogP contribution in [-0.2, 0) is 4.79 Å². The quantitative estimate of drug-likeness (QED) is 0.684. The SMILES string of the molecule is O=C(O)C1CCN(C(=O)c2cc3cc([N+](=O)[O-])ccc3o2)C1. The van der Waals surface area contributed by atoms with Crippen molar-refractivity contribution in [1.82, 2.24) is 4.90 Å². The first-order valence-electron chi connectivity index (χ1n) is 6.66. The second-order valence-corrected chi connectivity index (χ2v) is 5.16. The Morgan fingerprint density at radius 2 is 2.14 bits per heavy atom. The van der Waals surface area contributed by atoms with E-state index in [-0.39, 0.29) is 18.0 Å². The molecule has 0 saturated carbocycles. The van der Waals surface area contributed by atoms with Gasteiger partial charge in [0.25, 0.3) is 11.6 Å². The number of nitro groups is 1. The standard InChI is InChI=1S/C14H12N2O6/c17-13(15-4-3-8(7-15)14(18)19)12-6-9-5-10(16(20)21)1-2-11(9)22-12/h1-2,5-6,8H,3-4,7H2,(H,18,19). The highest BCUT2D eigenvalue weighted by atomic mass is 16.6. The monoisotopic (exact) mass is 304 g/mol. The van der Waals surface area contributed by atoms with Gasteiger partial charge in [0.1, 0.15) is 5.58 Å². The molecule has 1 aromatic heterocycles. The van der Waals surface area contributed by atoms with Gasteiger partial charge in [-0.1, -0.05) is 0 Å². The molecule has 0 radical (unpaired) electrons. The number of likely N-dealkylation sites (tertiary alicyclic amines) is 1. The van der Waals surface area contributed by atoms with Gasteiger partial charge in [0.2, 0.25) is 0 Å². The van der Waals surface area contributed by atoms with E-state index in [4.69, 9.17) is 9.52 Å². The third-order valence-corrected chi connectivity index (χ3v) is 3.75. The predicted octanol–water partition coefficient (Wildman–Crippen LogP) is 1.89. The Balaban J connectivity index is 1.85. The smallest absolute Gasteiger partial charge is 0.308 e. The average molecular weight is 304 g/mol. The summed E-state index contributed by atoms with van der Waals surface area (Å²) in [5, 5.41) is 20.2. The number of aliphatic carboxylic acids is 1. The lowest BCUT2D eigenvalue weighted by atomic mass is 10.1. The van der Waals surface area contributed by atoms with E-state index in [9.17, 15) is 19.7 Å². The molecule has 1 saturated heterocycles. The predicted molar refractivity (Wildman–Crippen MR) is 74.5 cm³/mol. The number of nitro benzene ring substituents is 1. The molecule has 1 aliphatic rings. The first-order valence-corrected chi connectivity index (χ1v) is 6.66. The molecule has 2 aromatic rings. The first-order chi connectivity index (χ1) is 10.5. The lowest BCUT2D eigenvalue weighted by molar-refractivity contribution is -0.384. The molecular formula is C14H12N2O6. The molecule has 1 unspecified atom stereocenters. The van der Waals surface area contributed by atoms with Crippen molar-refractivity contribution >= 4 is 28.5 Å². The Hall–Kier alpha value is -2.90. The summed E-state index contributed by atoms with van der Waals surface area (Å²) in [6, 6.07) is 5.52. The molecule has 1 aromatic carbocycles. The van der Waals surface area contributed by atoms with Crippen LogP contribution in [0.2, 0.25) is 0 Å². The van der Waals surface area contributed by atoms with Gasteiger partial charge in [-0.3, -0.25) is 19.7 Å². The molecule has 0 bridgehead atoms. The van der Waals surface area contributed by atoms with E-state index in [0.29, 0.717) is 23.9 Å². The Morgan fingerprint density at radius 1 is 1.36 bits per heavy atom. The number of nitrogens with zero attached hydrogens (tertiary/aromatic N) is 2. The van der Waals surface area contributed by atoms with Crippen LogP contribution in [-0.4, -0.2) is 39.9 Å². The van der Waals surface area contributed by atoms with Crippen LogP contribution in [0.25, 0.3) is 11.0 Å². The molecule has 2 heterocycles. The van der Waals surface area contributed by atoms with Gasteiger partial charge >= 0.3 is 5.97 Å². The number of carboxylic acid groups (broad SMARTS) is 1. The van der Waals surface area contributed by atoms with Gasteiger partial charge < -0.3 is 14.4 Å². The van der Waals surface area contributed by atoms with E-state index in [0.717, 1.165) is 0 Å². The normalized spacial score (nSPS) is 17.8. The van der Waals surface area contributed by atoms with E-state index in [1.54, 1.807) is 0 Å². The molecule has 0 aliphatic carbocycles. The van der Waals surface area contributed by atoms with Crippen LogP contribution in [0.15, 0.2) is 28.7 Å². The summed E-state index contributed by atoms with van der Waals surface area (Å²) in [4.78, 5) is 34.9. The van der Waals surface area contributed by atoms with Crippen molar-refractivity contribution in [1.29, 1.82) is 0 Å². The van der Waals surface area contributed by atoms with Crippen molar-refractivity contribution in [2.75, 3.05) is 13.1 Å². The van der Waals surface area contributed by atoms with Crippen LogP contribution >= 0.6 is 0 Å². The summed E-state index contributed by atoms with van der Waals surface area (Å²) >= 11 is 0. The lowest BCUT2D eigenvalue weighted by Gasteiger charge is -2.13. The van der Waals surface area contributed by atoms with E-state index < -0.39 is 22.7 Å². The number of furan rings is 1. The number of amides is 1. The molecule has 1 aliphatic heterocycles. The summed E-state index contributed by atoms with van der Waals surface area (Å²) in [5.41, 5.74) is 0.294. The van der Waals surface area contributed by atoms with Gasteiger partial charge in [-0.05, 0) is 18.6 Å². The van der Waals surface area contributed by atoms with Gasteiger partial charge in [-0.25, -0.2) is 0 Å². The number of carbonyl (C=O) groups excluding carboxylic acids is 1. The molecule has 1 amide bonds. The number of carboxylic acids is 1. The van der Waals surface area contributed by atoms with E-state index in [1.807, 2.05) is 0 Å². The number of hydrogen-bond acceptors (Lipinski definition) is 5. The van der Waals surface area contributed by atoms with Crippen molar-refractivity contribution in [3.63, 3.8) is 0 Å². The summed E-state index contributed by atoms with van der Waals surface area (Å²) in [5.74, 6) is -1.82. The zero-order valence-corrected chi connectivity index (χ0v) is 11.4. The topological polar surface area (TPSA) is 114 Å². The van der Waals surface area contributed by atoms with Crippen LogP contribution in [0.5, 0.6) is 0 Å². The van der Waals surface area contributed by atoms with Gasteiger partial charge in [0, 0.05) is 30.6 Å². The maximum Gasteiger partial charge on any atom is 0.308 e. The average Bonchev–Trinajstić information content (AvgIpc) is 3.12. The second kappa shape index (κ2) is 5.14. The first kappa shape index (κ1) is 14.1. The third-order valence-electron chi connectivity index (χ3n) is 3.75. The second-order valence-electron chi connectivity index (χ2n) is 5.16. The van der Waals surface area contributed by atoms with Gasteiger partial charge in [0.05, 0.1) is 10.8 Å². The maximum atomic E-state index is 12.3. The molecule has 3 rings (SSSR count). The highest BCUT2D eigenvalue weighted by Crippen LogP contribution is 2.26. The summed E-state index contributed by atoms with van der Waals surface area (Å²) < 4.78 is 5.41. The Kier molecular flexibility index (Phi) is 3.28. The Labute approximate surface area is 124 Å². The van der Waals surface area contributed by atoms with Crippen LogP contribution in [0, 0.1) is 16.0 Å². The number of carbonyl (C=O) groups is 2. The minimum Gasteiger partial charge on any atom is -0.481 e. The molecule has 1 N–H and O–H groups in total. The zero-order valence-electron chi connectivity index (χ0n) is 11.4. The number of benzene rings is 1. The van der Waals surface area contributed by atoms with Crippen molar-refractivity contribution in [2.45, 2.75) is 6.42 Å². The van der Waals surface area contributed by atoms with Crippen molar-refractivity contribution in [2.24, 2.45) is 5.92 Å². The van der Waals surface area contributed by atoms with Crippen LogP contribution in [0.4, 0.5) is 5.69 Å². The summed E-state index contributed by atoms with van der Waals surface area (Å²) in [6.45, 7) is 0.498. The van der Waals surface area contributed by atoms with Crippen molar-refractivity contribution in [3.05, 3.63) is 40.1 Å². The van der Waals surface area contributed by atoms with E-state index >= 15 is 0 Å². The number of hydrogen-bond donors (Lipinski definition) is 1. The molecule has 1 atom stereocenters.